The molecule has 0 saturated carbocycles. The highest BCUT2D eigenvalue weighted by Crippen LogP contribution is 2.30. The number of piperidine rings is 1. The lowest BCUT2D eigenvalue weighted by Gasteiger charge is -2.34. The zero-order valence-corrected chi connectivity index (χ0v) is 13.1. The van der Waals surface area contributed by atoms with E-state index in [9.17, 15) is 13.5 Å². The van der Waals surface area contributed by atoms with E-state index >= 15 is 0 Å². The van der Waals surface area contributed by atoms with Gasteiger partial charge in [0.1, 0.15) is 0 Å². The lowest BCUT2D eigenvalue weighted by molar-refractivity contribution is 0.209. The molecule has 6 nitrogen and oxygen atoms in total. The molecule has 0 amide bonds. The van der Waals surface area contributed by atoms with Crippen LogP contribution in [-0.2, 0) is 10.0 Å². The maximum absolute atomic E-state index is 12.1. The average molecular weight is 313 g/mol. The number of hydrogen-bond acceptors (Lipinski definition) is 5. The number of sulfonamides is 1. The van der Waals surface area contributed by atoms with Crippen molar-refractivity contribution in [2.75, 3.05) is 36.9 Å². The van der Waals surface area contributed by atoms with Gasteiger partial charge in [0.05, 0.1) is 16.3 Å². The Morgan fingerprint density at radius 2 is 2.24 bits per heavy atom. The highest BCUT2D eigenvalue weighted by Gasteiger charge is 2.22. The van der Waals surface area contributed by atoms with E-state index in [1.165, 1.54) is 6.07 Å². The molecule has 1 aromatic rings. The fourth-order valence-electron chi connectivity index (χ4n) is 2.67. The number of nitrogens with two attached hydrogens (primary N) is 1. The van der Waals surface area contributed by atoms with Gasteiger partial charge in [-0.3, -0.25) is 0 Å². The first kappa shape index (κ1) is 16.1. The van der Waals surface area contributed by atoms with Crippen molar-refractivity contribution in [3.63, 3.8) is 0 Å². The molecule has 7 heteroatoms. The molecule has 1 unspecified atom stereocenters. The van der Waals surface area contributed by atoms with Gasteiger partial charge in [-0.05, 0) is 37.0 Å². The molecule has 0 aromatic heterocycles. The largest absolute Gasteiger partial charge is 0.397 e. The summed E-state index contributed by atoms with van der Waals surface area (Å²) in [6.07, 6.45) is 1.96. The van der Waals surface area contributed by atoms with Crippen molar-refractivity contribution < 1.29 is 13.5 Å². The molecule has 1 fully saturated rings. The summed E-state index contributed by atoms with van der Waals surface area (Å²) < 4.78 is 26.7. The van der Waals surface area contributed by atoms with Gasteiger partial charge in [-0.15, -0.1) is 0 Å². The van der Waals surface area contributed by atoms with Crippen LogP contribution >= 0.6 is 0 Å². The molecule has 1 saturated heterocycles. The molecule has 4 N–H and O–H groups in total. The second-order valence-electron chi connectivity index (χ2n) is 5.36. The molecule has 1 aliphatic heterocycles. The van der Waals surface area contributed by atoms with Crippen LogP contribution in [0, 0.1) is 5.92 Å². The highest BCUT2D eigenvalue weighted by atomic mass is 32.2. The van der Waals surface area contributed by atoms with Gasteiger partial charge in [-0.25, -0.2) is 13.1 Å². The van der Waals surface area contributed by atoms with Crippen LogP contribution in [0.5, 0.6) is 0 Å². The molecule has 0 aliphatic carbocycles. The molecule has 21 heavy (non-hydrogen) atoms. The Labute approximate surface area is 126 Å². The number of rotatable bonds is 5. The maximum atomic E-state index is 12.1. The van der Waals surface area contributed by atoms with E-state index in [0.717, 1.165) is 25.1 Å². The lowest BCUT2D eigenvalue weighted by Crippen LogP contribution is -2.37. The Bertz CT molecular complexity index is 589. The predicted molar refractivity (Wildman–Crippen MR) is 83.7 cm³/mol. The number of aliphatic hydroxyl groups excluding tert-OH is 1. The Kier molecular flexibility index (Phi) is 5.08. The zero-order valence-electron chi connectivity index (χ0n) is 12.2. The van der Waals surface area contributed by atoms with Crippen LogP contribution in [-0.4, -0.2) is 39.8 Å². The molecule has 118 valence electrons. The second kappa shape index (κ2) is 6.64. The summed E-state index contributed by atoms with van der Waals surface area (Å²) in [7, 11) is -3.49. The summed E-state index contributed by atoms with van der Waals surface area (Å²) in [6, 6.07) is 4.76. The highest BCUT2D eigenvalue weighted by molar-refractivity contribution is 7.89. The van der Waals surface area contributed by atoms with Crippen LogP contribution in [0.15, 0.2) is 23.1 Å². The monoisotopic (exact) mass is 313 g/mol. The van der Waals surface area contributed by atoms with Crippen molar-refractivity contribution in [1.29, 1.82) is 0 Å². The molecule has 1 heterocycles. The Morgan fingerprint density at radius 3 is 2.90 bits per heavy atom. The molecule has 1 aromatic carbocycles. The van der Waals surface area contributed by atoms with Gasteiger partial charge in [0.25, 0.3) is 0 Å². The van der Waals surface area contributed by atoms with Crippen LogP contribution in [0.25, 0.3) is 0 Å². The van der Waals surface area contributed by atoms with Gasteiger partial charge in [0, 0.05) is 26.2 Å². The van der Waals surface area contributed by atoms with Crippen LogP contribution in [0.3, 0.4) is 0 Å². The summed E-state index contributed by atoms with van der Waals surface area (Å²) in [5.74, 6) is 0.215. The molecule has 0 spiro atoms. The van der Waals surface area contributed by atoms with E-state index in [1.54, 1.807) is 19.1 Å². The number of hydrogen-bond donors (Lipinski definition) is 3. The Hall–Kier alpha value is -1.31. The van der Waals surface area contributed by atoms with Crippen LogP contribution < -0.4 is 15.4 Å². The molecule has 2 rings (SSSR count). The van der Waals surface area contributed by atoms with Crippen molar-refractivity contribution >= 4 is 21.4 Å². The number of nitrogen functional groups attached to an aromatic ring is 1. The van der Waals surface area contributed by atoms with Gasteiger partial charge in [-0.1, -0.05) is 6.92 Å². The van der Waals surface area contributed by atoms with Gasteiger partial charge >= 0.3 is 0 Å². The van der Waals surface area contributed by atoms with E-state index in [0.29, 0.717) is 18.8 Å². The first-order valence-corrected chi connectivity index (χ1v) is 8.71. The van der Waals surface area contributed by atoms with E-state index in [-0.39, 0.29) is 17.4 Å². The normalized spacial score (nSPS) is 19.7. The zero-order chi connectivity index (χ0) is 15.5. The third kappa shape index (κ3) is 3.66. The standard InChI is InChI=1S/C14H23N3O3S/c1-2-16-21(19,20)12-5-6-13(15)14(8-12)17-7-3-4-11(9-17)10-18/h5-6,8,11,16,18H,2-4,7,9-10,15H2,1H3. The maximum Gasteiger partial charge on any atom is 0.240 e. The third-order valence-corrected chi connectivity index (χ3v) is 5.31. The van der Waals surface area contributed by atoms with Gasteiger partial charge in [0.15, 0.2) is 0 Å². The van der Waals surface area contributed by atoms with Crippen molar-refractivity contribution in [2.24, 2.45) is 5.92 Å². The number of nitrogens with zero attached hydrogens (tertiary/aromatic N) is 1. The second-order valence-corrected chi connectivity index (χ2v) is 7.13. The van der Waals surface area contributed by atoms with E-state index < -0.39 is 10.0 Å². The van der Waals surface area contributed by atoms with Crippen molar-refractivity contribution in [2.45, 2.75) is 24.7 Å². The number of benzene rings is 1. The summed E-state index contributed by atoms with van der Waals surface area (Å²) >= 11 is 0. The molecular formula is C14H23N3O3S. The van der Waals surface area contributed by atoms with Gasteiger partial charge in [0.2, 0.25) is 10.0 Å². The smallest absolute Gasteiger partial charge is 0.240 e. The van der Waals surface area contributed by atoms with Gasteiger partial charge in [-0.2, -0.15) is 0 Å². The topological polar surface area (TPSA) is 95.7 Å². The molecular weight excluding hydrogens is 290 g/mol. The minimum Gasteiger partial charge on any atom is -0.397 e. The van der Waals surface area contributed by atoms with Crippen molar-refractivity contribution in [1.82, 2.24) is 4.72 Å². The molecule has 0 radical (unpaired) electrons. The predicted octanol–water partition coefficient (Wildman–Crippen LogP) is 0.776. The minimum absolute atomic E-state index is 0.145. The number of anilines is 2. The first-order valence-electron chi connectivity index (χ1n) is 7.23. The number of aliphatic hydroxyl groups is 1. The van der Waals surface area contributed by atoms with Crippen LogP contribution in [0.1, 0.15) is 19.8 Å². The van der Waals surface area contributed by atoms with Crippen LogP contribution in [0.2, 0.25) is 0 Å². The Morgan fingerprint density at radius 1 is 1.48 bits per heavy atom. The van der Waals surface area contributed by atoms with Crippen molar-refractivity contribution in [3.05, 3.63) is 18.2 Å². The summed E-state index contributed by atoms with van der Waals surface area (Å²) in [6.45, 7) is 3.76. The van der Waals surface area contributed by atoms with E-state index in [1.807, 2.05) is 0 Å². The number of nitrogens with one attached hydrogen (secondary N) is 1. The first-order chi connectivity index (χ1) is 9.97. The average Bonchev–Trinajstić information content (AvgIpc) is 2.47. The quantitative estimate of drug-likeness (QED) is 0.698. The molecule has 1 atom stereocenters. The van der Waals surface area contributed by atoms with Gasteiger partial charge < -0.3 is 15.7 Å². The minimum atomic E-state index is -3.49. The van der Waals surface area contributed by atoms with Crippen molar-refractivity contribution in [3.8, 4) is 0 Å². The fourth-order valence-corrected chi connectivity index (χ4v) is 3.73. The molecule has 1 aliphatic rings. The van der Waals surface area contributed by atoms with E-state index in [2.05, 4.69) is 9.62 Å². The third-order valence-electron chi connectivity index (χ3n) is 3.76. The summed E-state index contributed by atoms with van der Waals surface area (Å²) in [5, 5.41) is 9.32. The summed E-state index contributed by atoms with van der Waals surface area (Å²) in [4.78, 5) is 2.28. The molecule has 0 bridgehead atoms. The van der Waals surface area contributed by atoms with E-state index in [4.69, 9.17) is 5.73 Å². The lowest BCUT2D eigenvalue weighted by atomic mass is 9.98. The Balaban J connectivity index is 2.31. The SMILES string of the molecule is CCNS(=O)(=O)c1ccc(N)c(N2CCCC(CO)C2)c1. The summed E-state index contributed by atoms with van der Waals surface area (Å²) in [5.41, 5.74) is 7.29. The van der Waals surface area contributed by atoms with Crippen LogP contribution in [0.4, 0.5) is 11.4 Å². The fraction of sp³-hybridized carbons (Fsp3) is 0.571.